The van der Waals surface area contributed by atoms with Crippen molar-refractivity contribution in [3.8, 4) is 0 Å². The molecule has 1 aromatic heterocycles. The van der Waals surface area contributed by atoms with Crippen LogP contribution in [0.1, 0.15) is 44.6 Å². The summed E-state index contributed by atoms with van der Waals surface area (Å²) >= 11 is 0. The van der Waals surface area contributed by atoms with Crippen molar-refractivity contribution in [3.63, 3.8) is 0 Å². The van der Waals surface area contributed by atoms with E-state index in [-0.39, 0.29) is 0 Å². The molecule has 1 heterocycles. The minimum absolute atomic E-state index is 0.576. The maximum Gasteiger partial charge on any atom is 0.133 e. The van der Waals surface area contributed by atoms with Crippen molar-refractivity contribution < 1.29 is 0 Å². The highest BCUT2D eigenvalue weighted by atomic mass is 15.2. The van der Waals surface area contributed by atoms with Crippen LogP contribution in [0.4, 0.5) is 5.82 Å². The van der Waals surface area contributed by atoms with Gasteiger partial charge in [0.2, 0.25) is 0 Å². The molecule has 1 fully saturated rings. The van der Waals surface area contributed by atoms with Gasteiger partial charge in [0.05, 0.1) is 0 Å². The van der Waals surface area contributed by atoms with Gasteiger partial charge < -0.3 is 10.6 Å². The quantitative estimate of drug-likeness (QED) is 0.869. The largest absolute Gasteiger partial charge is 0.354 e. The van der Waals surface area contributed by atoms with E-state index in [9.17, 15) is 0 Å². The van der Waals surface area contributed by atoms with E-state index in [2.05, 4.69) is 22.9 Å². The Kier molecular flexibility index (Phi) is 4.37. The average molecular weight is 233 g/mol. The smallest absolute Gasteiger partial charge is 0.133 e. The van der Waals surface area contributed by atoms with Crippen LogP contribution in [-0.2, 0) is 6.54 Å². The Morgan fingerprint density at radius 3 is 2.76 bits per heavy atom. The second-order valence-corrected chi connectivity index (χ2v) is 4.77. The molecule has 2 rings (SSSR count). The summed E-state index contributed by atoms with van der Waals surface area (Å²) in [6.45, 7) is 3.81. The normalized spacial score (nSPS) is 17.1. The molecule has 0 bridgehead atoms. The number of anilines is 1. The number of aromatic nitrogens is 1. The number of nitrogens with zero attached hydrogens (tertiary/aromatic N) is 2. The molecule has 1 aliphatic rings. The second-order valence-electron chi connectivity index (χ2n) is 4.77. The zero-order valence-corrected chi connectivity index (χ0v) is 10.7. The minimum atomic E-state index is 0.576. The van der Waals surface area contributed by atoms with E-state index in [1.165, 1.54) is 37.7 Å². The van der Waals surface area contributed by atoms with Crippen molar-refractivity contribution in [1.82, 2.24) is 4.98 Å². The minimum Gasteiger partial charge on any atom is -0.354 e. The molecule has 0 aliphatic heterocycles. The van der Waals surface area contributed by atoms with E-state index in [1.807, 2.05) is 12.3 Å². The molecule has 0 radical (unpaired) electrons. The second kappa shape index (κ2) is 6.01. The zero-order valence-electron chi connectivity index (χ0n) is 10.7. The lowest BCUT2D eigenvalue weighted by Crippen LogP contribution is -2.38. The molecule has 0 unspecified atom stereocenters. The molecule has 3 heteroatoms. The molecular formula is C14H23N3. The van der Waals surface area contributed by atoms with Crippen LogP contribution in [0.5, 0.6) is 0 Å². The number of rotatable bonds is 4. The fourth-order valence-electron chi connectivity index (χ4n) is 2.82. The number of pyridine rings is 1. The van der Waals surface area contributed by atoms with Crippen molar-refractivity contribution in [2.45, 2.75) is 51.6 Å². The standard InChI is InChI=1S/C14H23N3/c1-2-17(13-8-4-3-5-9-13)14-12(11-15)7-6-10-16-14/h6-7,10,13H,2-5,8-9,11,15H2,1H3. The lowest BCUT2D eigenvalue weighted by Gasteiger charge is -2.35. The number of hydrogen-bond acceptors (Lipinski definition) is 3. The zero-order chi connectivity index (χ0) is 12.1. The highest BCUT2D eigenvalue weighted by molar-refractivity contribution is 5.47. The van der Waals surface area contributed by atoms with E-state index >= 15 is 0 Å². The third kappa shape index (κ3) is 2.78. The van der Waals surface area contributed by atoms with Gasteiger partial charge >= 0.3 is 0 Å². The Labute approximate surface area is 104 Å². The Balaban J connectivity index is 2.21. The highest BCUT2D eigenvalue weighted by Gasteiger charge is 2.22. The predicted octanol–water partition coefficient (Wildman–Crippen LogP) is 2.70. The van der Waals surface area contributed by atoms with Crippen LogP contribution in [0, 0.1) is 0 Å². The van der Waals surface area contributed by atoms with Crippen LogP contribution >= 0.6 is 0 Å². The van der Waals surface area contributed by atoms with Gasteiger partial charge in [0.1, 0.15) is 5.82 Å². The maximum absolute atomic E-state index is 5.81. The van der Waals surface area contributed by atoms with Crippen LogP contribution in [0.3, 0.4) is 0 Å². The maximum atomic E-state index is 5.81. The number of hydrogen-bond donors (Lipinski definition) is 1. The molecule has 1 aromatic rings. The molecule has 3 nitrogen and oxygen atoms in total. The summed E-state index contributed by atoms with van der Waals surface area (Å²) in [6.07, 6.45) is 8.57. The summed E-state index contributed by atoms with van der Waals surface area (Å²) < 4.78 is 0. The topological polar surface area (TPSA) is 42.2 Å². The van der Waals surface area contributed by atoms with E-state index in [1.54, 1.807) is 0 Å². The highest BCUT2D eigenvalue weighted by Crippen LogP contribution is 2.27. The van der Waals surface area contributed by atoms with Gasteiger partial charge in [-0.1, -0.05) is 25.3 Å². The average Bonchev–Trinajstić information content (AvgIpc) is 2.41. The van der Waals surface area contributed by atoms with Crippen molar-refractivity contribution in [2.24, 2.45) is 5.73 Å². The number of nitrogens with two attached hydrogens (primary N) is 1. The Hall–Kier alpha value is -1.09. The Bertz CT molecular complexity index is 345. The first-order valence-electron chi connectivity index (χ1n) is 6.77. The molecule has 0 saturated heterocycles. The lowest BCUT2D eigenvalue weighted by atomic mass is 9.94. The molecule has 0 amide bonds. The SMILES string of the molecule is CCN(c1ncccc1CN)C1CCCCC1. The summed E-state index contributed by atoms with van der Waals surface area (Å²) in [5.41, 5.74) is 6.97. The summed E-state index contributed by atoms with van der Waals surface area (Å²) in [5, 5.41) is 0. The fraction of sp³-hybridized carbons (Fsp3) is 0.643. The molecule has 0 atom stereocenters. The monoisotopic (exact) mass is 233 g/mol. The molecule has 94 valence electrons. The van der Waals surface area contributed by atoms with Crippen LogP contribution in [0.25, 0.3) is 0 Å². The predicted molar refractivity (Wildman–Crippen MR) is 72.0 cm³/mol. The van der Waals surface area contributed by atoms with Gasteiger partial charge in [0.25, 0.3) is 0 Å². The van der Waals surface area contributed by atoms with Gasteiger partial charge in [0.15, 0.2) is 0 Å². The molecular weight excluding hydrogens is 210 g/mol. The van der Waals surface area contributed by atoms with Crippen molar-refractivity contribution in [1.29, 1.82) is 0 Å². The van der Waals surface area contributed by atoms with Gasteiger partial charge in [-0.3, -0.25) is 0 Å². The molecule has 2 N–H and O–H groups in total. The van der Waals surface area contributed by atoms with Gasteiger partial charge in [-0.05, 0) is 25.8 Å². The first kappa shape index (κ1) is 12.4. The van der Waals surface area contributed by atoms with Crippen LogP contribution in [0.15, 0.2) is 18.3 Å². The van der Waals surface area contributed by atoms with Gasteiger partial charge in [0, 0.05) is 30.9 Å². The summed E-state index contributed by atoms with van der Waals surface area (Å²) in [7, 11) is 0. The Morgan fingerprint density at radius 2 is 2.12 bits per heavy atom. The summed E-state index contributed by atoms with van der Waals surface area (Å²) in [4.78, 5) is 6.99. The lowest BCUT2D eigenvalue weighted by molar-refractivity contribution is 0.415. The summed E-state index contributed by atoms with van der Waals surface area (Å²) in [6, 6.07) is 4.72. The van der Waals surface area contributed by atoms with Crippen molar-refractivity contribution in [2.75, 3.05) is 11.4 Å². The van der Waals surface area contributed by atoms with Crippen molar-refractivity contribution in [3.05, 3.63) is 23.9 Å². The van der Waals surface area contributed by atoms with Crippen molar-refractivity contribution >= 4 is 5.82 Å². The van der Waals surface area contributed by atoms with E-state index in [0.717, 1.165) is 12.4 Å². The Morgan fingerprint density at radius 1 is 1.35 bits per heavy atom. The van der Waals surface area contributed by atoms with Crippen LogP contribution in [0.2, 0.25) is 0 Å². The van der Waals surface area contributed by atoms with Crippen LogP contribution in [-0.4, -0.2) is 17.6 Å². The van der Waals surface area contributed by atoms with E-state index in [4.69, 9.17) is 5.73 Å². The molecule has 1 saturated carbocycles. The van der Waals surface area contributed by atoms with Gasteiger partial charge in [-0.15, -0.1) is 0 Å². The molecule has 0 spiro atoms. The summed E-state index contributed by atoms with van der Waals surface area (Å²) in [5.74, 6) is 1.10. The van der Waals surface area contributed by atoms with E-state index < -0.39 is 0 Å². The van der Waals surface area contributed by atoms with E-state index in [0.29, 0.717) is 12.6 Å². The van der Waals surface area contributed by atoms with Gasteiger partial charge in [-0.2, -0.15) is 0 Å². The van der Waals surface area contributed by atoms with Crippen LogP contribution < -0.4 is 10.6 Å². The first-order chi connectivity index (χ1) is 8.36. The molecule has 1 aliphatic carbocycles. The third-order valence-corrected chi connectivity index (χ3v) is 3.72. The molecule has 17 heavy (non-hydrogen) atoms. The molecule has 0 aromatic carbocycles. The first-order valence-corrected chi connectivity index (χ1v) is 6.77. The fourth-order valence-corrected chi connectivity index (χ4v) is 2.82. The third-order valence-electron chi connectivity index (χ3n) is 3.72. The van der Waals surface area contributed by atoms with Gasteiger partial charge in [-0.25, -0.2) is 4.98 Å².